The van der Waals surface area contributed by atoms with Gasteiger partial charge in [-0.15, -0.1) is 0 Å². The monoisotopic (exact) mass is 1380 g/mol. The van der Waals surface area contributed by atoms with Gasteiger partial charge in [0.1, 0.15) is 23.0 Å². The van der Waals surface area contributed by atoms with E-state index in [1.807, 2.05) is 48.9 Å². The lowest BCUT2D eigenvalue weighted by molar-refractivity contribution is -0.119. The number of hydrogen-bond donors (Lipinski definition) is 6. The van der Waals surface area contributed by atoms with Crippen molar-refractivity contribution in [3.05, 3.63) is 168 Å². The van der Waals surface area contributed by atoms with Gasteiger partial charge in [-0.3, -0.25) is 43.2 Å². The molecule has 0 spiro atoms. The SMILES string of the molecule is CCC(C)(C)NC(=O)C(=O)c1c(C)c(C(=O)Nc2ccc(F)c(C)c2)c2n1CCCC2.Cc1cc(NC(=O)c2c(C)c(C(=O)C(=O)NC(C)(C)c3nc(CN(C)C)no3)n3c2CCCC3)ccc1F.Cc1cc(NC(=O)c2c(C)c(C(=O)C(=O)NC3CC(C)C3)n3c2CCCC3)ccc1F. The number of aromatic nitrogens is 5. The molecule has 100 heavy (non-hydrogen) atoms. The molecular weight excluding hydrogens is 1290 g/mol. The van der Waals surface area contributed by atoms with Crippen molar-refractivity contribution >= 4 is 69.9 Å². The molecule has 532 valence electrons. The Labute approximate surface area is 580 Å². The Kier molecular flexibility index (Phi) is 22.9. The number of nitrogens with one attached hydrogen (secondary N) is 6. The summed E-state index contributed by atoms with van der Waals surface area (Å²) in [5.74, 6) is -5.02. The van der Waals surface area contributed by atoms with Crippen LogP contribution in [0.3, 0.4) is 0 Å². The molecule has 7 aromatic rings. The number of ketones is 3. The van der Waals surface area contributed by atoms with Crippen LogP contribution in [0.4, 0.5) is 30.2 Å². The number of Topliss-reactive ketones (excluding diaryl/α,β-unsaturated/α-hetero) is 3. The van der Waals surface area contributed by atoms with Crippen LogP contribution >= 0.6 is 0 Å². The molecule has 0 saturated heterocycles. The van der Waals surface area contributed by atoms with Crippen LogP contribution in [0.2, 0.25) is 0 Å². The number of hydrogen-bond acceptors (Lipinski definition) is 13. The van der Waals surface area contributed by atoms with Gasteiger partial charge in [0, 0.05) is 65.4 Å². The summed E-state index contributed by atoms with van der Waals surface area (Å²) in [5, 5.41) is 20.7. The van der Waals surface area contributed by atoms with E-state index in [1.165, 1.54) is 36.4 Å². The Morgan fingerprint density at radius 3 is 1.24 bits per heavy atom. The van der Waals surface area contributed by atoms with Gasteiger partial charge in [-0.25, -0.2) is 13.2 Å². The van der Waals surface area contributed by atoms with Crippen molar-refractivity contribution in [1.82, 2.24) is 44.7 Å². The lowest BCUT2D eigenvalue weighted by Crippen LogP contribution is -2.46. The van der Waals surface area contributed by atoms with E-state index in [0.29, 0.717) is 142 Å². The highest BCUT2D eigenvalue weighted by atomic mass is 19.1. The van der Waals surface area contributed by atoms with E-state index < -0.39 is 52.1 Å². The third-order valence-corrected chi connectivity index (χ3v) is 19.1. The Balaban J connectivity index is 0.000000176. The second-order valence-electron chi connectivity index (χ2n) is 28.2. The van der Waals surface area contributed by atoms with Gasteiger partial charge in [-0.2, -0.15) is 4.98 Å². The third kappa shape index (κ3) is 16.4. The number of halogens is 3. The van der Waals surface area contributed by atoms with Crippen molar-refractivity contribution in [1.29, 1.82) is 0 Å². The number of carbonyl (C=O) groups excluding carboxylic acids is 9. The van der Waals surface area contributed by atoms with Crippen molar-refractivity contribution < 1.29 is 60.8 Å². The molecule has 1 saturated carbocycles. The van der Waals surface area contributed by atoms with E-state index in [4.69, 9.17) is 4.52 Å². The Morgan fingerprint density at radius 2 is 0.900 bits per heavy atom. The number of fused-ring (bicyclic) bond motifs is 3. The molecule has 11 rings (SSSR count). The average Bonchev–Trinajstić information content (AvgIpc) is 1.62. The second kappa shape index (κ2) is 30.8. The summed E-state index contributed by atoms with van der Waals surface area (Å²) in [7, 11) is 3.74. The minimum absolute atomic E-state index is 0.0482. The first-order valence-corrected chi connectivity index (χ1v) is 34.2. The van der Waals surface area contributed by atoms with Gasteiger partial charge in [-0.1, -0.05) is 19.0 Å². The Morgan fingerprint density at radius 1 is 0.540 bits per heavy atom. The fourth-order valence-corrected chi connectivity index (χ4v) is 13.5. The predicted octanol–water partition coefficient (Wildman–Crippen LogP) is 11.8. The molecule has 3 aliphatic heterocycles. The number of nitrogens with zero attached hydrogens (tertiary/aromatic N) is 6. The second-order valence-corrected chi connectivity index (χ2v) is 28.2. The molecule has 1 aliphatic carbocycles. The summed E-state index contributed by atoms with van der Waals surface area (Å²) >= 11 is 0. The number of anilines is 3. The molecule has 7 heterocycles. The van der Waals surface area contributed by atoms with E-state index >= 15 is 0 Å². The van der Waals surface area contributed by atoms with Crippen molar-refractivity contribution in [3.8, 4) is 0 Å². The standard InChI is InChI=1S/C27H33FN6O4.C24H28FN3O3.C24H30FN3O3/c1-15-13-17(10-11-18(15)28)29-24(36)21-16(2)22(34-12-8-7-9-19(21)34)23(35)25(37)31-27(3,4)26-30-20(32-38-26)14-33(5)6;1-13-10-17(11-13)27-24(31)22(29)21-15(3)20(19-6-4-5-9-28(19)21)23(30)26-16-7-8-18(25)14(2)12-16;1-6-24(4,5)27-23(31)21(29)20-15(3)19(18-9-7-8-12-28(18)20)22(30)26-16-10-11-17(25)14(2)13-16/h10-11,13H,7-9,12,14H2,1-6H3,(H,29,36)(H,31,37);7-8,12-13,17H,4-6,9-11H2,1-3H3,(H,26,30)(H,27,31);10-11,13H,6-9,12H2,1-5H3,(H,26,30)(H,27,31). The minimum atomic E-state index is -1.10. The van der Waals surface area contributed by atoms with E-state index in [2.05, 4.69) is 49.0 Å². The molecular formula is C75H91F3N12O10. The van der Waals surface area contributed by atoms with Crippen molar-refractivity contribution in [2.45, 2.75) is 203 Å². The summed E-state index contributed by atoms with van der Waals surface area (Å²) in [5.41, 5.74) is 6.82. The van der Waals surface area contributed by atoms with E-state index in [0.717, 1.165) is 62.8 Å². The fraction of sp³-hybridized carbons (Fsp3) is 0.453. The topological polar surface area (TPSA) is 283 Å². The van der Waals surface area contributed by atoms with Crippen LogP contribution in [0.1, 0.15) is 224 Å². The minimum Gasteiger partial charge on any atom is -0.346 e. The highest BCUT2D eigenvalue weighted by molar-refractivity contribution is 6.44. The van der Waals surface area contributed by atoms with Gasteiger partial charge in [-0.05, 0) is 254 Å². The van der Waals surface area contributed by atoms with Gasteiger partial charge in [0.25, 0.3) is 58.7 Å². The molecule has 4 aliphatic rings. The molecule has 3 aromatic carbocycles. The summed E-state index contributed by atoms with van der Waals surface area (Å²) in [4.78, 5) is 124. The summed E-state index contributed by atoms with van der Waals surface area (Å²) in [6, 6.07) is 13.2. The van der Waals surface area contributed by atoms with Gasteiger partial charge < -0.3 is 55.0 Å². The zero-order valence-electron chi connectivity index (χ0n) is 59.6. The van der Waals surface area contributed by atoms with Crippen molar-refractivity contribution in [2.24, 2.45) is 5.92 Å². The molecule has 0 atom stereocenters. The van der Waals surface area contributed by atoms with Gasteiger partial charge in [0.05, 0.1) is 40.3 Å². The molecule has 6 N–H and O–H groups in total. The molecule has 1 fully saturated rings. The lowest BCUT2D eigenvalue weighted by atomic mass is 9.82. The molecule has 6 amide bonds. The maximum atomic E-state index is 13.7. The number of aryl methyl sites for hydroxylation is 3. The largest absolute Gasteiger partial charge is 0.346 e. The van der Waals surface area contributed by atoms with Crippen LogP contribution in [0.15, 0.2) is 59.1 Å². The first kappa shape index (κ1) is 74.4. The smallest absolute Gasteiger partial charge is 0.294 e. The molecule has 0 unspecified atom stereocenters. The van der Waals surface area contributed by atoms with E-state index in [9.17, 15) is 56.3 Å². The molecule has 25 heteroatoms. The van der Waals surface area contributed by atoms with Gasteiger partial charge in [0.15, 0.2) is 5.82 Å². The Bertz CT molecular complexity index is 4390. The highest BCUT2D eigenvalue weighted by Gasteiger charge is 2.39. The van der Waals surface area contributed by atoms with Crippen LogP contribution in [0.25, 0.3) is 0 Å². The zero-order valence-corrected chi connectivity index (χ0v) is 59.6. The van der Waals surface area contributed by atoms with Crippen LogP contribution in [0, 0.1) is 64.9 Å². The fourth-order valence-electron chi connectivity index (χ4n) is 13.5. The third-order valence-electron chi connectivity index (χ3n) is 19.1. The van der Waals surface area contributed by atoms with Crippen LogP contribution < -0.4 is 31.9 Å². The molecule has 0 bridgehead atoms. The van der Waals surface area contributed by atoms with Crippen molar-refractivity contribution in [3.63, 3.8) is 0 Å². The number of carbonyl (C=O) groups is 9. The van der Waals surface area contributed by atoms with E-state index in [1.54, 1.807) is 78.2 Å². The molecule has 0 radical (unpaired) electrons. The van der Waals surface area contributed by atoms with Crippen LogP contribution in [0.5, 0.6) is 0 Å². The first-order chi connectivity index (χ1) is 47.2. The van der Waals surface area contributed by atoms with E-state index in [-0.39, 0.29) is 52.6 Å². The quantitative estimate of drug-likeness (QED) is 0.0325. The van der Waals surface area contributed by atoms with Gasteiger partial charge in [0.2, 0.25) is 0 Å². The average molecular weight is 1380 g/mol. The number of rotatable bonds is 19. The van der Waals surface area contributed by atoms with Gasteiger partial charge >= 0.3 is 0 Å². The summed E-state index contributed by atoms with van der Waals surface area (Å²) in [6.07, 6.45) is 9.64. The predicted molar refractivity (Wildman–Crippen MR) is 372 cm³/mol. The highest BCUT2D eigenvalue weighted by Crippen LogP contribution is 2.35. The van der Waals surface area contributed by atoms with Crippen LogP contribution in [-0.4, -0.2) is 107 Å². The Hall–Kier alpha value is -9.78. The summed E-state index contributed by atoms with van der Waals surface area (Å²) in [6.45, 7) is 23.3. The summed E-state index contributed by atoms with van der Waals surface area (Å²) < 4.78 is 51.6. The zero-order chi connectivity index (χ0) is 73.0. The molecule has 22 nitrogen and oxygen atoms in total. The van der Waals surface area contributed by atoms with Crippen LogP contribution in [-0.2, 0) is 65.4 Å². The molecule has 4 aromatic heterocycles. The normalized spacial score (nSPS) is 15.4. The first-order valence-electron chi connectivity index (χ1n) is 34.2. The number of benzene rings is 3. The maximum absolute atomic E-state index is 13.7. The number of amides is 6. The lowest BCUT2D eigenvalue weighted by Gasteiger charge is -2.33. The van der Waals surface area contributed by atoms with Crippen molar-refractivity contribution in [2.75, 3.05) is 30.0 Å². The maximum Gasteiger partial charge on any atom is 0.294 e.